The molecule has 1 aliphatic rings. The molecule has 1 saturated heterocycles. The monoisotopic (exact) mass is 384 g/mol. The second kappa shape index (κ2) is 9.72. The molecule has 0 bridgehead atoms. The Bertz CT molecular complexity index is 780. The van der Waals surface area contributed by atoms with Crippen molar-refractivity contribution in [2.75, 3.05) is 44.7 Å². The molecular formula is C19H28N8O. The number of anilines is 1. The Morgan fingerprint density at radius 3 is 2.54 bits per heavy atom. The highest BCUT2D eigenvalue weighted by Crippen LogP contribution is 2.15. The van der Waals surface area contributed by atoms with Crippen LogP contribution in [0.3, 0.4) is 0 Å². The lowest BCUT2D eigenvalue weighted by Gasteiger charge is -2.36. The fourth-order valence-corrected chi connectivity index (χ4v) is 3.16. The van der Waals surface area contributed by atoms with Crippen molar-refractivity contribution in [3.63, 3.8) is 0 Å². The van der Waals surface area contributed by atoms with Gasteiger partial charge in [0.25, 0.3) is 0 Å². The second-order valence-corrected chi connectivity index (χ2v) is 6.61. The molecule has 0 aliphatic carbocycles. The van der Waals surface area contributed by atoms with Crippen LogP contribution < -0.4 is 15.5 Å². The van der Waals surface area contributed by atoms with Gasteiger partial charge < -0.3 is 20.4 Å². The van der Waals surface area contributed by atoms with Gasteiger partial charge in [0.2, 0.25) is 5.91 Å². The number of nitrogens with zero attached hydrogens (tertiary/aromatic N) is 6. The van der Waals surface area contributed by atoms with Crippen molar-refractivity contribution in [2.45, 2.75) is 13.0 Å². The number of piperazine rings is 1. The Morgan fingerprint density at radius 2 is 1.89 bits per heavy atom. The van der Waals surface area contributed by atoms with Gasteiger partial charge in [-0.25, -0.2) is 4.98 Å². The molecule has 2 heterocycles. The van der Waals surface area contributed by atoms with E-state index >= 15 is 0 Å². The first-order chi connectivity index (χ1) is 13.7. The van der Waals surface area contributed by atoms with Crippen LogP contribution in [0.5, 0.6) is 0 Å². The molecule has 1 amide bonds. The third-order valence-electron chi connectivity index (χ3n) is 4.83. The lowest BCUT2D eigenvalue weighted by molar-refractivity contribution is -0.131. The van der Waals surface area contributed by atoms with E-state index in [1.54, 1.807) is 11.7 Å². The van der Waals surface area contributed by atoms with Crippen LogP contribution in [0.25, 0.3) is 0 Å². The number of benzene rings is 1. The molecule has 0 saturated carbocycles. The van der Waals surface area contributed by atoms with Crippen LogP contribution in [0.4, 0.5) is 5.69 Å². The van der Waals surface area contributed by atoms with Gasteiger partial charge in [0.1, 0.15) is 12.2 Å². The molecule has 0 spiro atoms. The molecule has 2 aromatic rings. The summed E-state index contributed by atoms with van der Waals surface area (Å²) < 4.78 is 1.71. The van der Waals surface area contributed by atoms with Crippen molar-refractivity contribution in [1.82, 2.24) is 30.3 Å². The molecule has 0 atom stereocenters. The van der Waals surface area contributed by atoms with E-state index in [4.69, 9.17) is 0 Å². The lowest BCUT2D eigenvalue weighted by Crippen LogP contribution is -2.49. The smallest absolute Gasteiger partial charge is 0.224 e. The molecule has 1 fully saturated rings. The summed E-state index contributed by atoms with van der Waals surface area (Å²) in [4.78, 5) is 25.1. The Labute approximate surface area is 165 Å². The molecule has 2 N–H and O–H groups in total. The molecule has 150 valence electrons. The first kappa shape index (κ1) is 19.7. The molecule has 1 aliphatic heterocycles. The normalized spacial score (nSPS) is 14.9. The van der Waals surface area contributed by atoms with Gasteiger partial charge in [0.15, 0.2) is 5.96 Å². The van der Waals surface area contributed by atoms with E-state index in [1.165, 1.54) is 12.0 Å². The van der Waals surface area contributed by atoms with Crippen LogP contribution >= 0.6 is 0 Å². The van der Waals surface area contributed by atoms with Gasteiger partial charge in [0, 0.05) is 58.9 Å². The number of para-hydroxylation sites is 1. The zero-order chi connectivity index (χ0) is 19.8. The zero-order valence-electron chi connectivity index (χ0n) is 16.5. The van der Waals surface area contributed by atoms with Crippen molar-refractivity contribution in [3.05, 3.63) is 42.5 Å². The summed E-state index contributed by atoms with van der Waals surface area (Å²) in [6.45, 7) is 4.30. The number of carbonyl (C=O) groups excluding carboxylic acids is 1. The number of guanidine groups is 1. The van der Waals surface area contributed by atoms with E-state index < -0.39 is 0 Å². The van der Waals surface area contributed by atoms with E-state index in [2.05, 4.69) is 42.7 Å². The van der Waals surface area contributed by atoms with E-state index in [1.807, 2.05) is 30.1 Å². The average Bonchev–Trinajstić information content (AvgIpc) is 3.16. The summed E-state index contributed by atoms with van der Waals surface area (Å²) in [6, 6.07) is 10.3. The molecule has 0 unspecified atom stereocenters. The van der Waals surface area contributed by atoms with Crippen LogP contribution in [0.15, 0.2) is 41.7 Å². The third kappa shape index (κ3) is 5.21. The lowest BCUT2D eigenvalue weighted by atomic mass is 10.2. The van der Waals surface area contributed by atoms with Crippen LogP contribution in [0, 0.1) is 0 Å². The van der Waals surface area contributed by atoms with Crippen LogP contribution in [0.1, 0.15) is 12.2 Å². The quantitative estimate of drug-likeness (QED) is 0.547. The van der Waals surface area contributed by atoms with Gasteiger partial charge in [-0.05, 0) is 12.1 Å². The number of rotatable bonds is 6. The summed E-state index contributed by atoms with van der Waals surface area (Å²) in [7, 11) is 3.55. The number of aryl methyl sites for hydroxylation is 1. The number of amides is 1. The van der Waals surface area contributed by atoms with Gasteiger partial charge >= 0.3 is 0 Å². The molecule has 1 aromatic heterocycles. The number of hydrogen-bond donors (Lipinski definition) is 2. The topological polar surface area (TPSA) is 90.7 Å². The highest BCUT2D eigenvalue weighted by atomic mass is 16.2. The van der Waals surface area contributed by atoms with Crippen molar-refractivity contribution >= 4 is 17.6 Å². The largest absolute Gasteiger partial charge is 0.368 e. The van der Waals surface area contributed by atoms with Crippen molar-refractivity contribution in [2.24, 2.45) is 12.0 Å². The predicted molar refractivity (Wildman–Crippen MR) is 109 cm³/mol. The number of aromatic nitrogens is 3. The van der Waals surface area contributed by atoms with Gasteiger partial charge in [-0.3, -0.25) is 14.5 Å². The van der Waals surface area contributed by atoms with E-state index in [-0.39, 0.29) is 5.91 Å². The van der Waals surface area contributed by atoms with Gasteiger partial charge in [-0.2, -0.15) is 5.10 Å². The standard InChI is InChI=1S/C19H28N8O/c1-20-19(22-14-17-23-15-24-25(17)2)21-9-8-18(28)27-12-10-26(11-13-27)16-6-4-3-5-7-16/h3-7,15H,8-14H2,1-2H3,(H2,20,21,22). The molecule has 0 radical (unpaired) electrons. The SMILES string of the molecule is CN=C(NCCC(=O)N1CCN(c2ccccc2)CC1)NCc1ncnn1C. The summed E-state index contributed by atoms with van der Waals surface area (Å²) >= 11 is 0. The minimum Gasteiger partial charge on any atom is -0.368 e. The maximum atomic E-state index is 12.5. The molecule has 9 nitrogen and oxygen atoms in total. The average molecular weight is 384 g/mol. The number of aliphatic imine (C=N–C) groups is 1. The maximum absolute atomic E-state index is 12.5. The fraction of sp³-hybridized carbons (Fsp3) is 0.474. The number of carbonyl (C=O) groups is 1. The Hall–Kier alpha value is -3.10. The van der Waals surface area contributed by atoms with Gasteiger partial charge in [-0.15, -0.1) is 0 Å². The Balaban J connectivity index is 1.36. The Kier molecular flexibility index (Phi) is 6.83. The highest BCUT2D eigenvalue weighted by Gasteiger charge is 2.20. The van der Waals surface area contributed by atoms with E-state index in [9.17, 15) is 4.79 Å². The summed E-state index contributed by atoms with van der Waals surface area (Å²) in [5.74, 6) is 1.63. The zero-order valence-corrected chi connectivity index (χ0v) is 16.5. The number of hydrogen-bond acceptors (Lipinski definition) is 5. The van der Waals surface area contributed by atoms with Crippen molar-refractivity contribution in [1.29, 1.82) is 0 Å². The van der Waals surface area contributed by atoms with Gasteiger partial charge in [-0.1, -0.05) is 18.2 Å². The fourth-order valence-electron chi connectivity index (χ4n) is 3.16. The van der Waals surface area contributed by atoms with Gasteiger partial charge in [0.05, 0.1) is 6.54 Å². The minimum atomic E-state index is 0.170. The Morgan fingerprint density at radius 1 is 1.14 bits per heavy atom. The van der Waals surface area contributed by atoms with Crippen LogP contribution in [0.2, 0.25) is 0 Å². The van der Waals surface area contributed by atoms with Crippen LogP contribution in [-0.4, -0.2) is 71.3 Å². The maximum Gasteiger partial charge on any atom is 0.224 e. The van der Waals surface area contributed by atoms with Crippen LogP contribution in [-0.2, 0) is 18.4 Å². The number of nitrogens with one attached hydrogen (secondary N) is 2. The molecule has 9 heteroatoms. The summed E-state index contributed by atoms with van der Waals surface area (Å²) in [5.41, 5.74) is 1.22. The molecule has 3 rings (SSSR count). The highest BCUT2D eigenvalue weighted by molar-refractivity contribution is 5.81. The molecule has 28 heavy (non-hydrogen) atoms. The second-order valence-electron chi connectivity index (χ2n) is 6.61. The predicted octanol–water partition coefficient (Wildman–Crippen LogP) is 0.219. The summed E-state index contributed by atoms with van der Waals surface area (Å²) in [5, 5.41) is 10.4. The van der Waals surface area contributed by atoms with Crippen molar-refractivity contribution in [3.8, 4) is 0 Å². The molecular weight excluding hydrogens is 356 g/mol. The molecule has 1 aromatic carbocycles. The third-order valence-corrected chi connectivity index (χ3v) is 4.83. The minimum absolute atomic E-state index is 0.170. The first-order valence-corrected chi connectivity index (χ1v) is 9.52. The van der Waals surface area contributed by atoms with E-state index in [0.717, 1.165) is 32.0 Å². The summed E-state index contributed by atoms with van der Waals surface area (Å²) in [6.07, 6.45) is 1.96. The van der Waals surface area contributed by atoms with E-state index in [0.29, 0.717) is 25.5 Å². The van der Waals surface area contributed by atoms with Crippen molar-refractivity contribution < 1.29 is 4.79 Å². The first-order valence-electron chi connectivity index (χ1n) is 9.52.